The summed E-state index contributed by atoms with van der Waals surface area (Å²) in [6.45, 7) is 5.45. The molecule has 0 aliphatic rings. The van der Waals surface area contributed by atoms with Crippen molar-refractivity contribution in [1.29, 1.82) is 0 Å². The van der Waals surface area contributed by atoms with Crippen LogP contribution in [-0.4, -0.2) is 41.9 Å². The lowest BCUT2D eigenvalue weighted by Gasteiger charge is -2.26. The predicted molar refractivity (Wildman–Crippen MR) is 90.2 cm³/mol. The van der Waals surface area contributed by atoms with Gasteiger partial charge in [-0.05, 0) is 31.4 Å². The molecule has 22 heavy (non-hydrogen) atoms. The van der Waals surface area contributed by atoms with Gasteiger partial charge in [0.2, 0.25) is 20.0 Å². The SMILES string of the molecule is CCc1cccc(C)c1N(CCNS(=O)(=O)CC)S(C)(=O)=O. The molecule has 0 aliphatic carbocycles. The number of sulfonamides is 2. The number of rotatable bonds is 8. The zero-order valence-electron chi connectivity index (χ0n) is 13.5. The highest BCUT2D eigenvalue weighted by Gasteiger charge is 2.22. The topological polar surface area (TPSA) is 83.6 Å². The van der Waals surface area contributed by atoms with Crippen molar-refractivity contribution in [1.82, 2.24) is 4.72 Å². The molecule has 0 spiro atoms. The quantitative estimate of drug-likeness (QED) is 0.767. The molecule has 0 fully saturated rings. The van der Waals surface area contributed by atoms with E-state index in [-0.39, 0.29) is 18.8 Å². The number of hydrogen-bond acceptors (Lipinski definition) is 4. The van der Waals surface area contributed by atoms with E-state index < -0.39 is 20.0 Å². The first kappa shape index (κ1) is 18.9. The molecule has 0 saturated carbocycles. The Balaban J connectivity index is 3.12. The number of para-hydroxylation sites is 1. The van der Waals surface area contributed by atoms with E-state index in [1.807, 2.05) is 32.0 Å². The molecule has 0 unspecified atom stereocenters. The summed E-state index contributed by atoms with van der Waals surface area (Å²) >= 11 is 0. The zero-order valence-corrected chi connectivity index (χ0v) is 15.1. The van der Waals surface area contributed by atoms with Crippen LogP contribution in [-0.2, 0) is 26.5 Å². The Bertz CT molecular complexity index is 712. The lowest BCUT2D eigenvalue weighted by atomic mass is 10.1. The summed E-state index contributed by atoms with van der Waals surface area (Å²) in [5, 5.41) is 0. The van der Waals surface area contributed by atoms with Gasteiger partial charge in [-0.25, -0.2) is 21.6 Å². The van der Waals surface area contributed by atoms with Crippen molar-refractivity contribution in [2.75, 3.05) is 29.4 Å². The van der Waals surface area contributed by atoms with Gasteiger partial charge in [0.05, 0.1) is 17.7 Å². The van der Waals surface area contributed by atoms with Gasteiger partial charge in [-0.3, -0.25) is 4.31 Å². The van der Waals surface area contributed by atoms with Crippen molar-refractivity contribution in [3.8, 4) is 0 Å². The third kappa shape index (κ3) is 4.96. The van der Waals surface area contributed by atoms with Gasteiger partial charge in [0.1, 0.15) is 0 Å². The Morgan fingerprint density at radius 1 is 1.14 bits per heavy atom. The maximum Gasteiger partial charge on any atom is 0.232 e. The molecule has 1 N–H and O–H groups in total. The van der Waals surface area contributed by atoms with E-state index >= 15 is 0 Å². The van der Waals surface area contributed by atoms with E-state index in [1.165, 1.54) is 11.2 Å². The second kappa shape index (κ2) is 7.43. The summed E-state index contributed by atoms with van der Waals surface area (Å²) in [6, 6.07) is 5.62. The van der Waals surface area contributed by atoms with Crippen LogP contribution in [0.1, 0.15) is 25.0 Å². The highest BCUT2D eigenvalue weighted by Crippen LogP contribution is 2.27. The molecule has 6 nitrogen and oxygen atoms in total. The van der Waals surface area contributed by atoms with E-state index in [9.17, 15) is 16.8 Å². The van der Waals surface area contributed by atoms with Gasteiger partial charge in [-0.15, -0.1) is 0 Å². The Labute approximate surface area is 133 Å². The standard InChI is InChI=1S/C14H24N2O4S2/c1-5-13-9-7-8-12(3)14(13)16(21(4,17)18)11-10-15-22(19,20)6-2/h7-9,15H,5-6,10-11H2,1-4H3. The van der Waals surface area contributed by atoms with Gasteiger partial charge in [-0.1, -0.05) is 25.1 Å². The minimum Gasteiger partial charge on any atom is -0.269 e. The minimum absolute atomic E-state index is 0.0313. The summed E-state index contributed by atoms with van der Waals surface area (Å²) in [5.41, 5.74) is 2.41. The molecule has 0 amide bonds. The lowest BCUT2D eigenvalue weighted by Crippen LogP contribution is -2.39. The van der Waals surface area contributed by atoms with Crippen molar-refractivity contribution < 1.29 is 16.8 Å². The van der Waals surface area contributed by atoms with Gasteiger partial charge in [0.15, 0.2) is 0 Å². The van der Waals surface area contributed by atoms with E-state index in [4.69, 9.17) is 0 Å². The average molecular weight is 348 g/mol. The highest BCUT2D eigenvalue weighted by atomic mass is 32.2. The number of nitrogens with zero attached hydrogens (tertiary/aromatic N) is 1. The average Bonchev–Trinajstić information content (AvgIpc) is 2.43. The van der Waals surface area contributed by atoms with Crippen molar-refractivity contribution in [2.45, 2.75) is 27.2 Å². The second-order valence-electron chi connectivity index (χ2n) is 5.07. The monoisotopic (exact) mass is 348 g/mol. The number of anilines is 1. The van der Waals surface area contributed by atoms with Gasteiger partial charge in [0.25, 0.3) is 0 Å². The molecular weight excluding hydrogens is 324 g/mol. The predicted octanol–water partition coefficient (Wildman–Crippen LogP) is 1.26. The first-order valence-corrected chi connectivity index (χ1v) is 10.7. The van der Waals surface area contributed by atoms with Crippen LogP contribution < -0.4 is 9.03 Å². The van der Waals surface area contributed by atoms with Crippen molar-refractivity contribution in [2.24, 2.45) is 0 Å². The molecule has 0 bridgehead atoms. The van der Waals surface area contributed by atoms with Crippen molar-refractivity contribution in [3.05, 3.63) is 29.3 Å². The minimum atomic E-state index is -3.50. The normalized spacial score (nSPS) is 12.4. The highest BCUT2D eigenvalue weighted by molar-refractivity contribution is 7.92. The van der Waals surface area contributed by atoms with Gasteiger partial charge in [-0.2, -0.15) is 0 Å². The van der Waals surface area contributed by atoms with E-state index in [0.717, 1.165) is 17.4 Å². The molecule has 1 aromatic carbocycles. The van der Waals surface area contributed by atoms with E-state index in [1.54, 1.807) is 0 Å². The molecule has 0 saturated heterocycles. The van der Waals surface area contributed by atoms with Crippen LogP contribution in [0.25, 0.3) is 0 Å². The number of nitrogens with one attached hydrogen (secondary N) is 1. The fraction of sp³-hybridized carbons (Fsp3) is 0.571. The zero-order chi connectivity index (χ0) is 17.0. The maximum absolute atomic E-state index is 12.1. The molecule has 0 aromatic heterocycles. The number of benzene rings is 1. The third-order valence-corrected chi connectivity index (χ3v) is 5.94. The van der Waals surface area contributed by atoms with Crippen LogP contribution in [0.5, 0.6) is 0 Å². The van der Waals surface area contributed by atoms with Crippen LogP contribution in [0.15, 0.2) is 18.2 Å². The van der Waals surface area contributed by atoms with Crippen LogP contribution in [0.2, 0.25) is 0 Å². The fourth-order valence-electron chi connectivity index (χ4n) is 2.21. The van der Waals surface area contributed by atoms with Gasteiger partial charge < -0.3 is 0 Å². The first-order chi connectivity index (χ1) is 10.1. The van der Waals surface area contributed by atoms with Crippen LogP contribution in [0.3, 0.4) is 0 Å². The number of aryl methyl sites for hydroxylation is 2. The van der Waals surface area contributed by atoms with E-state index in [0.29, 0.717) is 12.1 Å². The molecule has 126 valence electrons. The van der Waals surface area contributed by atoms with Crippen molar-refractivity contribution in [3.63, 3.8) is 0 Å². The van der Waals surface area contributed by atoms with Gasteiger partial charge in [0, 0.05) is 13.1 Å². The molecule has 8 heteroatoms. The molecule has 1 rings (SSSR count). The van der Waals surface area contributed by atoms with Gasteiger partial charge >= 0.3 is 0 Å². The summed E-state index contributed by atoms with van der Waals surface area (Å²) in [5.74, 6) is -0.0313. The Morgan fingerprint density at radius 2 is 1.77 bits per heavy atom. The molecule has 0 heterocycles. The molecular formula is C14H24N2O4S2. The smallest absolute Gasteiger partial charge is 0.232 e. The summed E-state index contributed by atoms with van der Waals surface area (Å²) < 4.78 is 50.9. The summed E-state index contributed by atoms with van der Waals surface area (Å²) in [7, 11) is -6.84. The first-order valence-electron chi connectivity index (χ1n) is 7.16. The van der Waals surface area contributed by atoms with Crippen LogP contribution in [0, 0.1) is 6.92 Å². The summed E-state index contributed by atoms with van der Waals surface area (Å²) in [6.07, 6.45) is 1.83. The molecule has 1 aromatic rings. The number of hydrogen-bond donors (Lipinski definition) is 1. The van der Waals surface area contributed by atoms with Crippen LogP contribution >= 0.6 is 0 Å². The fourth-order valence-corrected chi connectivity index (χ4v) is 3.83. The van der Waals surface area contributed by atoms with Crippen molar-refractivity contribution >= 4 is 25.7 Å². The largest absolute Gasteiger partial charge is 0.269 e. The lowest BCUT2D eigenvalue weighted by molar-refractivity contribution is 0.579. The maximum atomic E-state index is 12.1. The molecule has 0 atom stereocenters. The second-order valence-corrected chi connectivity index (χ2v) is 9.07. The Kier molecular flexibility index (Phi) is 6.39. The Morgan fingerprint density at radius 3 is 2.27 bits per heavy atom. The summed E-state index contributed by atoms with van der Waals surface area (Å²) in [4.78, 5) is 0. The Hall–Kier alpha value is -1.12. The molecule has 0 aliphatic heterocycles. The third-order valence-electron chi connectivity index (χ3n) is 3.37. The van der Waals surface area contributed by atoms with E-state index in [2.05, 4.69) is 4.72 Å². The molecule has 0 radical (unpaired) electrons. The van der Waals surface area contributed by atoms with Crippen LogP contribution in [0.4, 0.5) is 5.69 Å².